The number of aryl methyl sites for hydroxylation is 1. The first-order valence-electron chi connectivity index (χ1n) is 6.52. The third-order valence-corrected chi connectivity index (χ3v) is 5.65. The van der Waals surface area contributed by atoms with E-state index < -0.39 is 15.7 Å². The van der Waals surface area contributed by atoms with Crippen LogP contribution < -0.4 is 0 Å². The fourth-order valence-corrected chi connectivity index (χ4v) is 4.68. The molecule has 0 N–H and O–H groups in total. The van der Waals surface area contributed by atoms with Gasteiger partial charge in [-0.15, -0.1) is 0 Å². The SMILES string of the molecule is Cc1cccc(S(=O)(=O)OC23CCC(CC2)C3)c1. The van der Waals surface area contributed by atoms with Crippen molar-refractivity contribution in [1.29, 1.82) is 0 Å². The zero-order valence-electron chi connectivity index (χ0n) is 10.6. The van der Waals surface area contributed by atoms with Gasteiger partial charge in [-0.2, -0.15) is 8.42 Å². The first-order valence-corrected chi connectivity index (χ1v) is 7.92. The van der Waals surface area contributed by atoms with E-state index in [2.05, 4.69) is 0 Å². The highest BCUT2D eigenvalue weighted by Crippen LogP contribution is 2.51. The highest BCUT2D eigenvalue weighted by Gasteiger charge is 2.48. The highest BCUT2D eigenvalue weighted by molar-refractivity contribution is 7.86. The molecule has 2 aliphatic carbocycles. The molecule has 0 unspecified atom stereocenters. The van der Waals surface area contributed by atoms with Crippen LogP contribution in [0, 0.1) is 12.8 Å². The van der Waals surface area contributed by atoms with Gasteiger partial charge in [-0.25, -0.2) is 0 Å². The summed E-state index contributed by atoms with van der Waals surface area (Å²) in [7, 11) is -3.61. The molecule has 0 heterocycles. The van der Waals surface area contributed by atoms with Crippen LogP contribution in [-0.4, -0.2) is 14.0 Å². The highest BCUT2D eigenvalue weighted by atomic mass is 32.2. The van der Waals surface area contributed by atoms with Gasteiger partial charge in [-0.3, -0.25) is 4.18 Å². The average molecular weight is 266 g/mol. The maximum absolute atomic E-state index is 12.3. The molecule has 2 aliphatic rings. The van der Waals surface area contributed by atoms with Gasteiger partial charge < -0.3 is 0 Å². The maximum Gasteiger partial charge on any atom is 0.297 e. The molecule has 0 atom stereocenters. The molecule has 3 rings (SSSR count). The van der Waals surface area contributed by atoms with Gasteiger partial charge in [-0.05, 0) is 62.6 Å². The van der Waals surface area contributed by atoms with E-state index in [1.807, 2.05) is 13.0 Å². The van der Waals surface area contributed by atoms with Crippen molar-refractivity contribution in [3.05, 3.63) is 29.8 Å². The van der Waals surface area contributed by atoms with Crippen molar-refractivity contribution in [2.24, 2.45) is 5.92 Å². The van der Waals surface area contributed by atoms with E-state index in [0.717, 1.165) is 37.7 Å². The summed E-state index contributed by atoms with van der Waals surface area (Å²) in [6, 6.07) is 6.93. The lowest BCUT2D eigenvalue weighted by Gasteiger charge is -2.26. The Labute approximate surface area is 108 Å². The molecular weight excluding hydrogens is 248 g/mol. The number of benzene rings is 1. The Morgan fingerprint density at radius 1 is 1.28 bits per heavy atom. The van der Waals surface area contributed by atoms with Crippen LogP contribution in [0.15, 0.2) is 29.2 Å². The Bertz CT molecular complexity index is 554. The number of rotatable bonds is 3. The molecule has 18 heavy (non-hydrogen) atoms. The summed E-state index contributed by atoms with van der Waals surface area (Å²) in [5.41, 5.74) is 0.542. The standard InChI is InChI=1S/C14H18O3S/c1-11-3-2-4-13(9-11)18(15,16)17-14-7-5-12(10-14)6-8-14/h2-4,9,12H,5-8,10H2,1H3. The largest absolute Gasteiger partial charge is 0.297 e. The van der Waals surface area contributed by atoms with Crippen LogP contribution in [0.25, 0.3) is 0 Å². The van der Waals surface area contributed by atoms with Crippen molar-refractivity contribution in [1.82, 2.24) is 0 Å². The van der Waals surface area contributed by atoms with Gasteiger partial charge in [0.25, 0.3) is 10.1 Å². The van der Waals surface area contributed by atoms with E-state index in [0.29, 0.717) is 5.92 Å². The van der Waals surface area contributed by atoms with E-state index >= 15 is 0 Å². The van der Waals surface area contributed by atoms with Crippen LogP contribution in [0.5, 0.6) is 0 Å². The molecule has 1 aromatic rings. The van der Waals surface area contributed by atoms with E-state index in [-0.39, 0.29) is 4.90 Å². The lowest BCUT2D eigenvalue weighted by molar-refractivity contribution is 0.0883. The zero-order chi connectivity index (χ0) is 12.8. The third-order valence-electron chi connectivity index (χ3n) is 4.24. The van der Waals surface area contributed by atoms with Gasteiger partial charge in [0.15, 0.2) is 0 Å². The Morgan fingerprint density at radius 3 is 2.56 bits per heavy atom. The normalized spacial score (nSPS) is 30.8. The molecule has 0 spiro atoms. The second kappa shape index (κ2) is 4.07. The fraction of sp³-hybridized carbons (Fsp3) is 0.571. The smallest absolute Gasteiger partial charge is 0.260 e. The fourth-order valence-electron chi connectivity index (χ4n) is 3.31. The van der Waals surface area contributed by atoms with Crippen molar-refractivity contribution in [2.75, 3.05) is 0 Å². The quantitative estimate of drug-likeness (QED) is 0.790. The Morgan fingerprint density at radius 2 is 2.00 bits per heavy atom. The zero-order valence-corrected chi connectivity index (χ0v) is 11.4. The molecule has 0 aromatic heterocycles. The summed E-state index contributed by atoms with van der Waals surface area (Å²) < 4.78 is 30.2. The summed E-state index contributed by atoms with van der Waals surface area (Å²) in [5.74, 6) is 0.678. The molecule has 2 saturated carbocycles. The van der Waals surface area contributed by atoms with Crippen molar-refractivity contribution >= 4 is 10.1 Å². The maximum atomic E-state index is 12.3. The van der Waals surface area contributed by atoms with Gasteiger partial charge in [0, 0.05) is 0 Å². The number of hydrogen-bond donors (Lipinski definition) is 0. The Hall–Kier alpha value is -0.870. The van der Waals surface area contributed by atoms with Crippen molar-refractivity contribution in [3.8, 4) is 0 Å². The van der Waals surface area contributed by atoms with Gasteiger partial charge >= 0.3 is 0 Å². The first-order chi connectivity index (χ1) is 8.49. The Kier molecular flexibility index (Phi) is 2.75. The molecule has 98 valence electrons. The topological polar surface area (TPSA) is 43.4 Å². The number of fused-ring (bicyclic) bond motifs is 2. The molecule has 0 radical (unpaired) electrons. The van der Waals surface area contributed by atoms with Crippen LogP contribution in [0.2, 0.25) is 0 Å². The predicted octanol–water partition coefficient (Wildman–Crippen LogP) is 3.03. The van der Waals surface area contributed by atoms with Gasteiger partial charge in [0.05, 0.1) is 10.5 Å². The lowest BCUT2D eigenvalue weighted by Crippen LogP contribution is -2.30. The third kappa shape index (κ3) is 2.08. The van der Waals surface area contributed by atoms with Gasteiger partial charge in [0.1, 0.15) is 0 Å². The molecule has 4 heteroatoms. The molecule has 1 aromatic carbocycles. The Balaban J connectivity index is 1.87. The van der Waals surface area contributed by atoms with Crippen molar-refractivity contribution < 1.29 is 12.6 Å². The molecule has 0 saturated heterocycles. The van der Waals surface area contributed by atoms with E-state index in [1.165, 1.54) is 0 Å². The molecule has 2 fully saturated rings. The first kappa shape index (κ1) is 12.2. The summed E-state index contributed by atoms with van der Waals surface area (Å²) in [4.78, 5) is 0.284. The molecule has 3 nitrogen and oxygen atoms in total. The average Bonchev–Trinajstić information content (AvgIpc) is 2.87. The minimum atomic E-state index is -3.61. The number of hydrogen-bond acceptors (Lipinski definition) is 3. The van der Waals surface area contributed by atoms with Crippen LogP contribution >= 0.6 is 0 Å². The summed E-state index contributed by atoms with van der Waals surface area (Å²) in [5, 5.41) is 0. The molecular formula is C14H18O3S. The molecule has 0 amide bonds. The van der Waals surface area contributed by atoms with Gasteiger partial charge in [-0.1, -0.05) is 12.1 Å². The van der Waals surface area contributed by atoms with Gasteiger partial charge in [0.2, 0.25) is 0 Å². The predicted molar refractivity (Wildman–Crippen MR) is 68.8 cm³/mol. The van der Waals surface area contributed by atoms with Crippen LogP contribution in [-0.2, 0) is 14.3 Å². The second-order valence-electron chi connectivity index (χ2n) is 5.68. The van der Waals surface area contributed by atoms with Crippen LogP contribution in [0.3, 0.4) is 0 Å². The summed E-state index contributed by atoms with van der Waals surface area (Å²) in [6.45, 7) is 1.89. The molecule has 0 aliphatic heterocycles. The van der Waals surface area contributed by atoms with E-state index in [1.54, 1.807) is 18.2 Å². The van der Waals surface area contributed by atoms with Crippen LogP contribution in [0.4, 0.5) is 0 Å². The molecule has 2 bridgehead atoms. The summed E-state index contributed by atoms with van der Waals surface area (Å²) in [6.07, 6.45) is 4.93. The minimum Gasteiger partial charge on any atom is -0.260 e. The second-order valence-corrected chi connectivity index (χ2v) is 7.23. The lowest BCUT2D eigenvalue weighted by atomic mass is 9.98. The van der Waals surface area contributed by atoms with E-state index in [9.17, 15) is 8.42 Å². The van der Waals surface area contributed by atoms with Crippen LogP contribution in [0.1, 0.15) is 37.7 Å². The van der Waals surface area contributed by atoms with Crippen molar-refractivity contribution in [3.63, 3.8) is 0 Å². The minimum absolute atomic E-state index is 0.284. The van der Waals surface area contributed by atoms with Crippen molar-refractivity contribution in [2.45, 2.75) is 49.5 Å². The monoisotopic (exact) mass is 266 g/mol. The summed E-state index contributed by atoms with van der Waals surface area (Å²) >= 11 is 0. The van der Waals surface area contributed by atoms with E-state index in [4.69, 9.17) is 4.18 Å².